The molecule has 4 rings (SSSR count). The van der Waals surface area contributed by atoms with Crippen molar-refractivity contribution in [2.75, 3.05) is 17.2 Å². The first-order valence-electron chi connectivity index (χ1n) is 7.26. The van der Waals surface area contributed by atoms with Crippen LogP contribution in [0.25, 0.3) is 10.9 Å². The van der Waals surface area contributed by atoms with Gasteiger partial charge >= 0.3 is 0 Å². The van der Waals surface area contributed by atoms with E-state index in [1.54, 1.807) is 0 Å². The van der Waals surface area contributed by atoms with Crippen LogP contribution in [0, 0.1) is 0 Å². The lowest BCUT2D eigenvalue weighted by Gasteiger charge is -2.29. The predicted molar refractivity (Wildman–Crippen MR) is 92.8 cm³/mol. The Balaban J connectivity index is 1.76. The number of hydrogen-bond donors (Lipinski definition) is 1. The number of aromatic nitrogens is 2. The first kappa shape index (κ1) is 13.5. The van der Waals surface area contributed by atoms with Crippen molar-refractivity contribution in [3.63, 3.8) is 0 Å². The normalized spacial score (nSPS) is 14.1. The molecule has 0 amide bonds. The van der Waals surface area contributed by atoms with Crippen molar-refractivity contribution < 1.29 is 0 Å². The van der Waals surface area contributed by atoms with Gasteiger partial charge in [0.2, 0.25) is 5.95 Å². The van der Waals surface area contributed by atoms with Crippen LogP contribution in [0.3, 0.4) is 0 Å². The molecule has 2 heterocycles. The van der Waals surface area contributed by atoms with Crippen molar-refractivity contribution in [3.05, 3.63) is 58.1 Å². The fourth-order valence-corrected chi connectivity index (χ4v) is 3.47. The van der Waals surface area contributed by atoms with Crippen LogP contribution < -0.4 is 10.6 Å². The second kappa shape index (κ2) is 5.25. The minimum atomic E-state index is 0.540. The Morgan fingerprint density at radius 3 is 2.82 bits per heavy atom. The highest BCUT2D eigenvalue weighted by molar-refractivity contribution is 9.10. The Morgan fingerprint density at radius 1 is 1.05 bits per heavy atom. The topological polar surface area (TPSA) is 55.0 Å². The second-order valence-corrected chi connectivity index (χ2v) is 6.33. The number of nitrogens with zero attached hydrogens (tertiary/aromatic N) is 3. The van der Waals surface area contributed by atoms with Gasteiger partial charge in [0.1, 0.15) is 5.82 Å². The average molecular weight is 355 g/mol. The van der Waals surface area contributed by atoms with Crippen molar-refractivity contribution in [1.82, 2.24) is 9.97 Å². The summed E-state index contributed by atoms with van der Waals surface area (Å²) in [6, 6.07) is 14.2. The van der Waals surface area contributed by atoms with Crippen LogP contribution >= 0.6 is 15.9 Å². The summed E-state index contributed by atoms with van der Waals surface area (Å²) in [5, 5.41) is 0.907. The Bertz CT molecular complexity index is 862. The summed E-state index contributed by atoms with van der Waals surface area (Å²) < 4.78 is 1.14. The third-order valence-electron chi connectivity index (χ3n) is 4.12. The Hall–Kier alpha value is -2.14. The van der Waals surface area contributed by atoms with Crippen molar-refractivity contribution in [2.45, 2.75) is 13.0 Å². The number of halogens is 1. The average Bonchev–Trinajstić information content (AvgIpc) is 2.55. The van der Waals surface area contributed by atoms with Crippen LogP contribution in [-0.4, -0.2) is 16.5 Å². The molecular weight excluding hydrogens is 340 g/mol. The minimum Gasteiger partial charge on any atom is -0.383 e. The van der Waals surface area contributed by atoms with Crippen molar-refractivity contribution >= 4 is 38.6 Å². The number of fused-ring (bicyclic) bond motifs is 2. The maximum atomic E-state index is 6.10. The second-order valence-electron chi connectivity index (χ2n) is 5.48. The van der Waals surface area contributed by atoms with E-state index in [0.29, 0.717) is 11.8 Å². The van der Waals surface area contributed by atoms with Crippen molar-refractivity contribution in [1.29, 1.82) is 0 Å². The summed E-state index contributed by atoms with van der Waals surface area (Å²) in [5.41, 5.74) is 9.69. The zero-order chi connectivity index (χ0) is 15.1. The maximum Gasteiger partial charge on any atom is 0.228 e. The minimum absolute atomic E-state index is 0.540. The highest BCUT2D eigenvalue weighted by Crippen LogP contribution is 2.29. The van der Waals surface area contributed by atoms with Gasteiger partial charge in [-0.05, 0) is 35.7 Å². The molecule has 0 aliphatic carbocycles. The third-order valence-corrected chi connectivity index (χ3v) is 4.86. The molecule has 4 nitrogen and oxygen atoms in total. The number of hydrogen-bond acceptors (Lipinski definition) is 4. The molecule has 0 bridgehead atoms. The third kappa shape index (κ3) is 2.22. The molecule has 1 aliphatic rings. The van der Waals surface area contributed by atoms with Gasteiger partial charge in [-0.2, -0.15) is 4.98 Å². The van der Waals surface area contributed by atoms with E-state index in [-0.39, 0.29) is 0 Å². The molecule has 0 atom stereocenters. The summed E-state index contributed by atoms with van der Waals surface area (Å²) in [6.07, 6.45) is 0.991. The Kier molecular flexibility index (Phi) is 3.22. The van der Waals surface area contributed by atoms with E-state index < -0.39 is 0 Å². The van der Waals surface area contributed by atoms with E-state index in [9.17, 15) is 0 Å². The van der Waals surface area contributed by atoms with E-state index in [2.05, 4.69) is 49.0 Å². The predicted octanol–water partition coefficient (Wildman–Crippen LogP) is 3.54. The molecule has 5 heteroatoms. The standard InChI is InChI=1S/C17H15BrN4/c18-14-6-3-4-11-8-9-22(10-13(11)14)17-20-15-7-2-1-5-12(15)16(19)21-17/h1-7H,8-10H2,(H2,19,20,21). The lowest BCUT2D eigenvalue weighted by Crippen LogP contribution is -2.32. The van der Waals surface area contributed by atoms with E-state index in [1.807, 2.05) is 24.3 Å². The molecule has 1 aromatic heterocycles. The summed E-state index contributed by atoms with van der Waals surface area (Å²) in [6.45, 7) is 1.70. The fraction of sp³-hybridized carbons (Fsp3) is 0.176. The van der Waals surface area contributed by atoms with Gasteiger partial charge in [-0.3, -0.25) is 0 Å². The van der Waals surface area contributed by atoms with Gasteiger partial charge in [-0.15, -0.1) is 0 Å². The first-order valence-corrected chi connectivity index (χ1v) is 8.05. The number of para-hydroxylation sites is 1. The van der Waals surface area contributed by atoms with E-state index in [1.165, 1.54) is 11.1 Å². The Labute approximate surface area is 137 Å². The molecule has 1 aliphatic heterocycles. The van der Waals surface area contributed by atoms with E-state index in [0.717, 1.165) is 34.9 Å². The van der Waals surface area contributed by atoms with Crippen molar-refractivity contribution in [3.8, 4) is 0 Å². The SMILES string of the molecule is Nc1nc(N2CCc3cccc(Br)c3C2)nc2ccccc12. The number of rotatable bonds is 1. The zero-order valence-corrected chi connectivity index (χ0v) is 13.5. The van der Waals surface area contributed by atoms with Gasteiger partial charge in [0.15, 0.2) is 0 Å². The highest BCUT2D eigenvalue weighted by atomic mass is 79.9. The smallest absolute Gasteiger partial charge is 0.228 e. The molecule has 3 aromatic rings. The molecule has 0 saturated carbocycles. The quantitative estimate of drug-likeness (QED) is 0.726. The lowest BCUT2D eigenvalue weighted by molar-refractivity contribution is 0.708. The fourth-order valence-electron chi connectivity index (χ4n) is 2.94. The largest absolute Gasteiger partial charge is 0.383 e. The molecule has 0 spiro atoms. The van der Waals surface area contributed by atoms with Gasteiger partial charge < -0.3 is 10.6 Å². The first-order chi connectivity index (χ1) is 10.7. The van der Waals surface area contributed by atoms with Crippen LogP contribution in [0.2, 0.25) is 0 Å². The number of benzene rings is 2. The molecular formula is C17H15BrN4. The summed E-state index contributed by atoms with van der Waals surface area (Å²) in [7, 11) is 0. The highest BCUT2D eigenvalue weighted by Gasteiger charge is 2.21. The number of anilines is 2. The molecule has 2 N–H and O–H groups in total. The van der Waals surface area contributed by atoms with Gasteiger partial charge in [0.05, 0.1) is 5.52 Å². The maximum absolute atomic E-state index is 6.10. The summed E-state index contributed by atoms with van der Waals surface area (Å²) >= 11 is 3.64. The van der Waals surface area contributed by atoms with Crippen LogP contribution in [0.1, 0.15) is 11.1 Å². The van der Waals surface area contributed by atoms with Gasteiger partial charge in [0, 0.05) is 22.9 Å². The molecule has 0 radical (unpaired) electrons. The van der Waals surface area contributed by atoms with E-state index in [4.69, 9.17) is 5.73 Å². The lowest BCUT2D eigenvalue weighted by atomic mass is 10.0. The zero-order valence-electron chi connectivity index (χ0n) is 12.0. The van der Waals surface area contributed by atoms with Crippen molar-refractivity contribution in [2.24, 2.45) is 0 Å². The molecule has 22 heavy (non-hydrogen) atoms. The Morgan fingerprint density at radius 2 is 1.91 bits per heavy atom. The molecule has 0 fully saturated rings. The van der Waals surface area contributed by atoms with Crippen LogP contribution in [0.15, 0.2) is 46.9 Å². The molecule has 110 valence electrons. The summed E-state index contributed by atoms with van der Waals surface area (Å²) in [5.74, 6) is 1.25. The van der Waals surface area contributed by atoms with Crippen LogP contribution in [0.4, 0.5) is 11.8 Å². The number of nitrogen functional groups attached to an aromatic ring is 1. The molecule has 0 saturated heterocycles. The van der Waals surface area contributed by atoms with Gasteiger partial charge in [-0.25, -0.2) is 4.98 Å². The number of nitrogens with two attached hydrogens (primary N) is 1. The van der Waals surface area contributed by atoms with Crippen LogP contribution in [0.5, 0.6) is 0 Å². The molecule has 0 unspecified atom stereocenters. The van der Waals surface area contributed by atoms with Gasteiger partial charge in [-0.1, -0.05) is 40.2 Å². The van der Waals surface area contributed by atoms with Gasteiger partial charge in [0.25, 0.3) is 0 Å². The van der Waals surface area contributed by atoms with E-state index >= 15 is 0 Å². The van der Waals surface area contributed by atoms with Crippen LogP contribution in [-0.2, 0) is 13.0 Å². The molecule has 2 aromatic carbocycles. The summed E-state index contributed by atoms with van der Waals surface area (Å²) in [4.78, 5) is 11.4. The monoisotopic (exact) mass is 354 g/mol.